The number of nitrogens with one attached hydrogen (secondary N) is 1. The fourth-order valence-corrected chi connectivity index (χ4v) is 3.35. The number of morpholine rings is 1. The molecule has 128 valence electrons. The van der Waals surface area contributed by atoms with Crippen LogP contribution in [-0.4, -0.2) is 48.2 Å². The molecule has 1 rings (SSSR count). The molecular weight excluding hydrogens is 283 g/mol. The molecule has 2 unspecified atom stereocenters. The first-order valence-electron chi connectivity index (χ1n) is 8.26. The Kier molecular flexibility index (Phi) is 7.00. The van der Waals surface area contributed by atoms with Crippen molar-refractivity contribution < 1.29 is 13.9 Å². The van der Waals surface area contributed by atoms with Crippen molar-refractivity contribution in [2.24, 2.45) is 0 Å². The third-order valence-corrected chi connectivity index (χ3v) is 4.31. The highest BCUT2D eigenvalue weighted by molar-refractivity contribution is 5.49. The maximum absolute atomic E-state index is 15.0. The molecule has 1 fully saturated rings. The third kappa shape index (κ3) is 4.53. The van der Waals surface area contributed by atoms with Gasteiger partial charge in [0.05, 0.1) is 17.7 Å². The number of hydrogen-bond acceptors (Lipinski definition) is 3. The van der Waals surface area contributed by atoms with Crippen LogP contribution in [0.1, 0.15) is 54.4 Å². The van der Waals surface area contributed by atoms with Crippen LogP contribution in [-0.2, 0) is 9.53 Å². The molecule has 0 saturated carbocycles. The van der Waals surface area contributed by atoms with Crippen molar-refractivity contribution in [2.75, 3.05) is 13.1 Å². The number of hydrogen-bond donors (Lipinski definition) is 1. The second kappa shape index (κ2) is 8.06. The zero-order valence-corrected chi connectivity index (χ0v) is 14.8. The molecule has 0 bridgehead atoms. The predicted octanol–water partition coefficient (Wildman–Crippen LogP) is 3.03. The quantitative estimate of drug-likeness (QED) is 0.734. The van der Waals surface area contributed by atoms with E-state index in [0.717, 1.165) is 25.1 Å². The first-order valence-corrected chi connectivity index (χ1v) is 8.26. The molecule has 0 aromatic carbocycles. The van der Waals surface area contributed by atoms with Crippen molar-refractivity contribution in [2.45, 2.75) is 78.2 Å². The maximum atomic E-state index is 15.0. The van der Waals surface area contributed by atoms with E-state index in [0.29, 0.717) is 12.8 Å². The molecule has 22 heavy (non-hydrogen) atoms. The van der Waals surface area contributed by atoms with E-state index in [1.54, 1.807) is 13.8 Å². The van der Waals surface area contributed by atoms with E-state index in [9.17, 15) is 4.79 Å². The highest BCUT2D eigenvalue weighted by Gasteiger charge is 2.33. The Balaban J connectivity index is 3.10. The van der Waals surface area contributed by atoms with Crippen LogP contribution in [0.2, 0.25) is 0 Å². The number of amides is 1. The average molecular weight is 314 g/mol. The predicted molar refractivity (Wildman–Crippen MR) is 87.4 cm³/mol. The minimum absolute atomic E-state index is 0.0477. The van der Waals surface area contributed by atoms with Crippen molar-refractivity contribution in [3.8, 4) is 0 Å². The lowest BCUT2D eigenvalue weighted by Crippen LogP contribution is -2.51. The second-order valence-corrected chi connectivity index (χ2v) is 6.72. The summed E-state index contributed by atoms with van der Waals surface area (Å²) in [6.07, 6.45) is 2.34. The van der Waals surface area contributed by atoms with Crippen molar-refractivity contribution in [3.05, 3.63) is 11.4 Å². The Labute approximate surface area is 134 Å². The van der Waals surface area contributed by atoms with Gasteiger partial charge in [0, 0.05) is 19.1 Å². The molecular formula is C17H31FN2O2. The summed E-state index contributed by atoms with van der Waals surface area (Å²) in [6.45, 7) is 13.2. The minimum Gasteiger partial charge on any atom is -0.373 e. The van der Waals surface area contributed by atoms with Gasteiger partial charge in [0.15, 0.2) is 0 Å². The van der Waals surface area contributed by atoms with Crippen LogP contribution in [0, 0.1) is 0 Å². The van der Waals surface area contributed by atoms with Crippen LogP contribution >= 0.6 is 0 Å². The summed E-state index contributed by atoms with van der Waals surface area (Å²) in [5.41, 5.74) is -0.188. The molecule has 1 saturated heterocycles. The Bertz CT molecular complexity index is 399. The van der Waals surface area contributed by atoms with Gasteiger partial charge in [0.2, 0.25) is 6.41 Å². The van der Waals surface area contributed by atoms with Gasteiger partial charge in [-0.1, -0.05) is 13.8 Å². The van der Waals surface area contributed by atoms with Crippen molar-refractivity contribution >= 4 is 6.41 Å². The second-order valence-electron chi connectivity index (χ2n) is 6.72. The molecule has 0 aliphatic carbocycles. The molecule has 5 heteroatoms. The van der Waals surface area contributed by atoms with Gasteiger partial charge in [-0.15, -0.1) is 0 Å². The summed E-state index contributed by atoms with van der Waals surface area (Å²) in [7, 11) is 0. The topological polar surface area (TPSA) is 41.6 Å². The molecule has 4 nitrogen and oxygen atoms in total. The summed E-state index contributed by atoms with van der Waals surface area (Å²) in [6, 6.07) is 0.0477. The van der Waals surface area contributed by atoms with E-state index >= 15 is 4.39 Å². The number of carbonyl (C=O) groups is 1. The van der Waals surface area contributed by atoms with E-state index < -0.39 is 5.54 Å². The van der Waals surface area contributed by atoms with Gasteiger partial charge in [-0.3, -0.25) is 9.69 Å². The summed E-state index contributed by atoms with van der Waals surface area (Å²) >= 11 is 0. The molecule has 3 atom stereocenters. The molecule has 0 radical (unpaired) electrons. The van der Waals surface area contributed by atoms with Gasteiger partial charge < -0.3 is 10.1 Å². The molecule has 1 N–H and O–H groups in total. The highest BCUT2D eigenvalue weighted by atomic mass is 19.1. The zero-order chi connectivity index (χ0) is 16.9. The van der Waals surface area contributed by atoms with Crippen LogP contribution in [0.15, 0.2) is 11.4 Å². The number of ether oxygens (including phenoxy) is 1. The molecule has 1 aliphatic rings. The van der Waals surface area contributed by atoms with Gasteiger partial charge in [-0.25, -0.2) is 4.39 Å². The van der Waals surface area contributed by atoms with Crippen LogP contribution in [0.3, 0.4) is 0 Å². The lowest BCUT2D eigenvalue weighted by atomic mass is 9.91. The normalized spacial score (nSPS) is 26.3. The lowest BCUT2D eigenvalue weighted by molar-refractivity contribution is -0.110. The molecule has 1 amide bonds. The zero-order valence-electron chi connectivity index (χ0n) is 14.8. The van der Waals surface area contributed by atoms with Gasteiger partial charge in [-0.05, 0) is 46.1 Å². The highest BCUT2D eigenvalue weighted by Crippen LogP contribution is 2.30. The fourth-order valence-electron chi connectivity index (χ4n) is 3.35. The molecule has 1 aliphatic heterocycles. The summed E-state index contributed by atoms with van der Waals surface area (Å²) in [4.78, 5) is 13.0. The van der Waals surface area contributed by atoms with Gasteiger partial charge in [0.1, 0.15) is 5.83 Å². The Morgan fingerprint density at radius 3 is 2.32 bits per heavy atom. The Hall–Kier alpha value is -0.940. The van der Waals surface area contributed by atoms with E-state index in [4.69, 9.17) is 4.74 Å². The lowest BCUT2D eigenvalue weighted by Gasteiger charge is -2.41. The van der Waals surface area contributed by atoms with Crippen LogP contribution in [0.25, 0.3) is 0 Å². The van der Waals surface area contributed by atoms with Crippen molar-refractivity contribution in [1.29, 1.82) is 0 Å². The Morgan fingerprint density at radius 2 is 1.91 bits per heavy atom. The van der Waals surface area contributed by atoms with Crippen LogP contribution in [0.5, 0.6) is 0 Å². The van der Waals surface area contributed by atoms with Gasteiger partial charge in [0.25, 0.3) is 0 Å². The maximum Gasteiger partial charge on any atom is 0.207 e. The average Bonchev–Trinajstić information content (AvgIpc) is 2.42. The standard InChI is InChI=1S/C17H31FN2O2/c1-7-14(16(18)17(5,6)19-11-21)15(8-2)20-9-12(3)22-13(4)10-20/h11-13,15H,7-10H2,1-6H3,(H,19,21)/b16-14+/t12?,13?,15-/m0/s1. The smallest absolute Gasteiger partial charge is 0.207 e. The number of nitrogens with zero attached hydrogens (tertiary/aromatic N) is 1. The van der Waals surface area contributed by atoms with Crippen molar-refractivity contribution in [3.63, 3.8) is 0 Å². The molecule has 1 heterocycles. The largest absolute Gasteiger partial charge is 0.373 e. The summed E-state index contributed by atoms with van der Waals surface area (Å²) < 4.78 is 20.8. The first kappa shape index (κ1) is 19.1. The Morgan fingerprint density at radius 1 is 1.36 bits per heavy atom. The molecule has 0 aromatic heterocycles. The minimum atomic E-state index is -0.968. The van der Waals surface area contributed by atoms with E-state index in [2.05, 4.69) is 31.0 Å². The van der Waals surface area contributed by atoms with Crippen molar-refractivity contribution in [1.82, 2.24) is 10.2 Å². The number of halogens is 1. The number of carbonyl (C=O) groups excluding carboxylic acids is 1. The van der Waals surface area contributed by atoms with Crippen LogP contribution in [0.4, 0.5) is 4.39 Å². The number of rotatable bonds is 7. The monoisotopic (exact) mass is 314 g/mol. The van der Waals surface area contributed by atoms with E-state index in [1.165, 1.54) is 0 Å². The molecule has 0 aromatic rings. The third-order valence-electron chi connectivity index (χ3n) is 4.31. The van der Waals surface area contributed by atoms with Gasteiger partial charge in [-0.2, -0.15) is 0 Å². The van der Waals surface area contributed by atoms with E-state index in [-0.39, 0.29) is 24.1 Å². The van der Waals surface area contributed by atoms with E-state index in [1.807, 2.05) is 6.92 Å². The first-order chi connectivity index (χ1) is 10.3. The summed E-state index contributed by atoms with van der Waals surface area (Å²) in [5, 5.41) is 2.58. The fraction of sp³-hybridized carbons (Fsp3) is 0.824. The SMILES string of the molecule is CC/C(=C(\F)C(C)(C)NC=O)[C@H](CC)N1CC(C)OC(C)C1. The molecule has 0 spiro atoms. The van der Waals surface area contributed by atoms with Crippen LogP contribution < -0.4 is 5.32 Å². The summed E-state index contributed by atoms with van der Waals surface area (Å²) in [5.74, 6) is -0.222. The van der Waals surface area contributed by atoms with Gasteiger partial charge >= 0.3 is 0 Å².